The quantitative estimate of drug-likeness (QED) is 0.522. The second-order valence-corrected chi connectivity index (χ2v) is 5.57. The molecule has 0 aromatic carbocycles. The molecule has 0 aliphatic heterocycles. The molecular formula is C16H28O2. The van der Waals surface area contributed by atoms with Crippen molar-refractivity contribution in [2.24, 2.45) is 0 Å². The van der Waals surface area contributed by atoms with Crippen molar-refractivity contribution in [2.45, 2.75) is 83.7 Å². The Morgan fingerprint density at radius 3 is 1.67 bits per heavy atom. The monoisotopic (exact) mass is 252 g/mol. The Balaban J connectivity index is 2.36. The Kier molecular flexibility index (Phi) is 7.79. The van der Waals surface area contributed by atoms with Crippen LogP contribution in [-0.2, 0) is 9.53 Å². The van der Waals surface area contributed by atoms with Crippen molar-refractivity contribution in [1.29, 1.82) is 0 Å². The van der Waals surface area contributed by atoms with E-state index in [1.807, 2.05) is 0 Å². The normalized spacial score (nSPS) is 20.5. The molecule has 1 aliphatic carbocycles. The van der Waals surface area contributed by atoms with Crippen LogP contribution in [0.4, 0.5) is 0 Å². The molecule has 2 nitrogen and oxygen atoms in total. The highest BCUT2D eigenvalue weighted by molar-refractivity contribution is 5.87. The summed E-state index contributed by atoms with van der Waals surface area (Å²) in [7, 11) is 0. The highest BCUT2D eigenvalue weighted by Gasteiger charge is 2.14. The van der Waals surface area contributed by atoms with Crippen molar-refractivity contribution < 1.29 is 9.53 Å². The fourth-order valence-electron chi connectivity index (χ4n) is 2.50. The van der Waals surface area contributed by atoms with Crippen LogP contribution in [0.25, 0.3) is 0 Å². The zero-order valence-electron chi connectivity index (χ0n) is 11.9. The van der Waals surface area contributed by atoms with E-state index in [-0.39, 0.29) is 12.1 Å². The van der Waals surface area contributed by atoms with Crippen LogP contribution in [0.3, 0.4) is 0 Å². The van der Waals surface area contributed by atoms with E-state index >= 15 is 0 Å². The van der Waals surface area contributed by atoms with E-state index in [9.17, 15) is 4.79 Å². The number of hydrogen-bond acceptors (Lipinski definition) is 2. The third-order valence-corrected chi connectivity index (χ3v) is 3.67. The number of esters is 1. The zero-order valence-corrected chi connectivity index (χ0v) is 11.9. The second kappa shape index (κ2) is 9.18. The average molecular weight is 252 g/mol. The summed E-state index contributed by atoms with van der Waals surface area (Å²) < 4.78 is 5.52. The lowest BCUT2D eigenvalue weighted by Gasteiger charge is -2.18. The first-order valence-corrected chi connectivity index (χ1v) is 7.56. The van der Waals surface area contributed by atoms with Crippen molar-refractivity contribution in [3.05, 3.63) is 12.2 Å². The molecule has 18 heavy (non-hydrogen) atoms. The third kappa shape index (κ3) is 6.83. The summed E-state index contributed by atoms with van der Waals surface area (Å²) in [6, 6.07) is 0. The minimum absolute atomic E-state index is 0.119. The molecule has 104 valence electrons. The molecule has 0 heterocycles. The standard InChI is InChI=1S/C16H28O2/c1-14(2)16(17)18-15-12-10-8-6-4-3-5-7-9-11-13-15/h15H,1,3-13H2,2H3. The topological polar surface area (TPSA) is 26.3 Å². The number of hydrogen-bond donors (Lipinski definition) is 0. The molecule has 1 rings (SSSR count). The molecule has 0 aromatic rings. The van der Waals surface area contributed by atoms with Gasteiger partial charge in [0.1, 0.15) is 6.10 Å². The van der Waals surface area contributed by atoms with Crippen LogP contribution in [0.1, 0.15) is 77.6 Å². The smallest absolute Gasteiger partial charge is 0.333 e. The van der Waals surface area contributed by atoms with Gasteiger partial charge in [0.05, 0.1) is 0 Å². The van der Waals surface area contributed by atoms with Crippen LogP contribution in [0, 0.1) is 0 Å². The van der Waals surface area contributed by atoms with Gasteiger partial charge in [-0.05, 0) is 32.6 Å². The van der Waals surface area contributed by atoms with Crippen LogP contribution >= 0.6 is 0 Å². The Labute approximate surface area is 112 Å². The fraction of sp³-hybridized carbons (Fsp3) is 0.812. The highest BCUT2D eigenvalue weighted by Crippen LogP contribution is 2.19. The molecule has 1 fully saturated rings. The van der Waals surface area contributed by atoms with Crippen molar-refractivity contribution in [2.75, 3.05) is 0 Å². The summed E-state index contributed by atoms with van der Waals surface area (Å²) in [5.74, 6) is -0.216. The minimum atomic E-state index is -0.216. The highest BCUT2D eigenvalue weighted by atomic mass is 16.5. The van der Waals surface area contributed by atoms with Crippen molar-refractivity contribution >= 4 is 5.97 Å². The van der Waals surface area contributed by atoms with E-state index in [2.05, 4.69) is 6.58 Å². The van der Waals surface area contributed by atoms with Crippen LogP contribution in [0.2, 0.25) is 0 Å². The second-order valence-electron chi connectivity index (χ2n) is 5.57. The van der Waals surface area contributed by atoms with Gasteiger partial charge in [0.15, 0.2) is 0 Å². The first-order valence-electron chi connectivity index (χ1n) is 7.56. The molecule has 0 bridgehead atoms. The average Bonchev–Trinajstić information content (AvgIpc) is 2.32. The van der Waals surface area contributed by atoms with Crippen LogP contribution in [0.5, 0.6) is 0 Å². The van der Waals surface area contributed by atoms with E-state index in [0.717, 1.165) is 12.8 Å². The lowest BCUT2D eigenvalue weighted by molar-refractivity contribution is -0.145. The fourth-order valence-corrected chi connectivity index (χ4v) is 2.50. The predicted octanol–water partition coefficient (Wildman–Crippen LogP) is 4.78. The van der Waals surface area contributed by atoms with Gasteiger partial charge in [0.25, 0.3) is 0 Å². The SMILES string of the molecule is C=C(C)C(=O)OC1CCCCCCCCCCC1. The third-order valence-electron chi connectivity index (χ3n) is 3.67. The summed E-state index contributed by atoms with van der Waals surface area (Å²) in [5, 5.41) is 0. The lowest BCUT2D eigenvalue weighted by Crippen LogP contribution is -2.18. The van der Waals surface area contributed by atoms with E-state index in [0.29, 0.717) is 5.57 Å². The summed E-state index contributed by atoms with van der Waals surface area (Å²) in [4.78, 5) is 11.6. The van der Waals surface area contributed by atoms with Gasteiger partial charge in [-0.1, -0.05) is 51.5 Å². The first-order chi connectivity index (χ1) is 8.70. The maximum Gasteiger partial charge on any atom is 0.333 e. The molecule has 2 heteroatoms. The molecule has 0 aromatic heterocycles. The molecule has 1 aliphatic rings. The van der Waals surface area contributed by atoms with Gasteiger partial charge in [0, 0.05) is 5.57 Å². The Morgan fingerprint density at radius 1 is 0.889 bits per heavy atom. The lowest BCUT2D eigenvalue weighted by atomic mass is 9.99. The number of rotatable bonds is 2. The summed E-state index contributed by atoms with van der Waals surface area (Å²) in [6.45, 7) is 5.37. The van der Waals surface area contributed by atoms with E-state index in [4.69, 9.17) is 4.74 Å². The first kappa shape index (κ1) is 15.3. The Hall–Kier alpha value is -0.790. The van der Waals surface area contributed by atoms with Crippen LogP contribution in [0.15, 0.2) is 12.2 Å². The molecule has 0 radical (unpaired) electrons. The van der Waals surface area contributed by atoms with Crippen molar-refractivity contribution in [3.8, 4) is 0 Å². The van der Waals surface area contributed by atoms with Crippen LogP contribution < -0.4 is 0 Å². The van der Waals surface area contributed by atoms with E-state index in [1.54, 1.807) is 6.92 Å². The Bertz CT molecular complexity index is 246. The van der Waals surface area contributed by atoms with Gasteiger partial charge in [-0.2, -0.15) is 0 Å². The van der Waals surface area contributed by atoms with Gasteiger partial charge >= 0.3 is 5.97 Å². The summed E-state index contributed by atoms with van der Waals surface area (Å²) in [5.41, 5.74) is 0.515. The summed E-state index contributed by atoms with van der Waals surface area (Å²) in [6.07, 6.45) is 13.9. The molecule has 0 N–H and O–H groups in total. The van der Waals surface area contributed by atoms with Crippen molar-refractivity contribution in [1.82, 2.24) is 0 Å². The molecular weight excluding hydrogens is 224 g/mol. The maximum atomic E-state index is 11.6. The van der Waals surface area contributed by atoms with Gasteiger partial charge in [0.2, 0.25) is 0 Å². The predicted molar refractivity (Wildman–Crippen MR) is 75.5 cm³/mol. The van der Waals surface area contributed by atoms with Crippen molar-refractivity contribution in [3.63, 3.8) is 0 Å². The van der Waals surface area contributed by atoms with E-state index < -0.39 is 0 Å². The molecule has 1 saturated carbocycles. The van der Waals surface area contributed by atoms with Crippen LogP contribution in [-0.4, -0.2) is 12.1 Å². The number of carbonyl (C=O) groups excluding carboxylic acids is 1. The van der Waals surface area contributed by atoms with Gasteiger partial charge < -0.3 is 4.74 Å². The minimum Gasteiger partial charge on any atom is -0.459 e. The largest absolute Gasteiger partial charge is 0.459 e. The zero-order chi connectivity index (χ0) is 13.2. The molecule has 0 unspecified atom stereocenters. The molecule has 0 spiro atoms. The molecule has 0 atom stereocenters. The van der Waals surface area contributed by atoms with Gasteiger partial charge in [-0.3, -0.25) is 0 Å². The number of ether oxygens (including phenoxy) is 1. The van der Waals surface area contributed by atoms with Gasteiger partial charge in [-0.15, -0.1) is 0 Å². The number of carbonyl (C=O) groups is 1. The summed E-state index contributed by atoms with van der Waals surface area (Å²) >= 11 is 0. The van der Waals surface area contributed by atoms with Gasteiger partial charge in [-0.25, -0.2) is 4.79 Å². The Morgan fingerprint density at radius 2 is 1.28 bits per heavy atom. The molecule has 0 amide bonds. The van der Waals surface area contributed by atoms with E-state index in [1.165, 1.54) is 57.8 Å². The molecule has 0 saturated heterocycles. The maximum absolute atomic E-state index is 11.6.